The molecule has 20 heavy (non-hydrogen) atoms. The summed E-state index contributed by atoms with van der Waals surface area (Å²) in [6, 6.07) is 9.89. The van der Waals surface area contributed by atoms with E-state index < -0.39 is 15.2 Å². The van der Waals surface area contributed by atoms with E-state index in [9.17, 15) is 13.2 Å². The highest BCUT2D eigenvalue weighted by molar-refractivity contribution is 7.93. The van der Waals surface area contributed by atoms with E-state index in [-0.39, 0.29) is 5.91 Å². The Kier molecular flexibility index (Phi) is 4.64. The molecule has 0 saturated carbocycles. The number of alkyl halides is 1. The minimum Gasteiger partial charge on any atom is -0.321 e. The fraction of sp³-hybridized carbons (Fsp3) is 0.0833. The Morgan fingerprint density at radius 1 is 1.20 bits per heavy atom. The van der Waals surface area contributed by atoms with Crippen molar-refractivity contribution < 1.29 is 13.2 Å². The maximum atomic E-state index is 11.9. The number of carbonyl (C=O) groups is 1. The van der Waals surface area contributed by atoms with Gasteiger partial charge >= 0.3 is 0 Å². The Bertz CT molecular complexity index is 699. The molecule has 5 nitrogen and oxygen atoms in total. The van der Waals surface area contributed by atoms with E-state index in [0.717, 1.165) is 0 Å². The Hall–Kier alpha value is -1.57. The van der Waals surface area contributed by atoms with Crippen LogP contribution in [0.4, 0.5) is 11.4 Å². The zero-order valence-corrected chi connectivity index (χ0v) is 12.6. The van der Waals surface area contributed by atoms with Gasteiger partial charge in [0.05, 0.1) is 10.6 Å². The van der Waals surface area contributed by atoms with Crippen molar-refractivity contribution in [3.8, 4) is 0 Å². The summed E-state index contributed by atoms with van der Waals surface area (Å²) < 4.78 is 25.0. The molecule has 0 spiro atoms. The molecule has 0 saturated heterocycles. The van der Waals surface area contributed by atoms with Crippen molar-refractivity contribution in [3.05, 3.63) is 46.7 Å². The number of halogens is 1. The highest BCUT2D eigenvalue weighted by atomic mass is 35.5. The monoisotopic (exact) mass is 330 g/mol. The van der Waals surface area contributed by atoms with E-state index in [1.165, 1.54) is 17.4 Å². The quantitative estimate of drug-likeness (QED) is 0.828. The molecule has 0 unspecified atom stereocenters. The van der Waals surface area contributed by atoms with E-state index in [0.29, 0.717) is 16.3 Å². The number of sulfonamides is 1. The molecule has 1 heterocycles. The van der Waals surface area contributed by atoms with Gasteiger partial charge in [-0.05, 0) is 29.6 Å². The lowest BCUT2D eigenvalue weighted by molar-refractivity contribution is 0.103. The molecule has 0 radical (unpaired) electrons. The van der Waals surface area contributed by atoms with Crippen LogP contribution in [-0.4, -0.2) is 19.5 Å². The van der Waals surface area contributed by atoms with Gasteiger partial charge < -0.3 is 5.32 Å². The van der Waals surface area contributed by atoms with Crippen molar-refractivity contribution in [3.63, 3.8) is 0 Å². The van der Waals surface area contributed by atoms with Gasteiger partial charge in [0.25, 0.3) is 5.91 Å². The first-order valence-corrected chi connectivity index (χ1v) is 8.58. The summed E-state index contributed by atoms with van der Waals surface area (Å²) in [6.07, 6.45) is 0. The highest BCUT2D eigenvalue weighted by Gasteiger charge is 2.10. The number of hydrogen-bond acceptors (Lipinski definition) is 4. The van der Waals surface area contributed by atoms with Gasteiger partial charge in [0.2, 0.25) is 10.0 Å². The largest absolute Gasteiger partial charge is 0.321 e. The Morgan fingerprint density at radius 2 is 1.95 bits per heavy atom. The molecule has 0 fully saturated rings. The fourth-order valence-corrected chi connectivity index (χ4v) is 2.79. The first-order valence-electron chi connectivity index (χ1n) is 5.51. The van der Waals surface area contributed by atoms with Crippen molar-refractivity contribution in [2.45, 2.75) is 0 Å². The zero-order chi connectivity index (χ0) is 14.6. The lowest BCUT2D eigenvalue weighted by atomic mass is 10.3. The number of amides is 1. The molecule has 2 rings (SSSR count). The van der Waals surface area contributed by atoms with Gasteiger partial charge in [-0.15, -0.1) is 22.9 Å². The van der Waals surface area contributed by atoms with Crippen LogP contribution in [0.1, 0.15) is 9.67 Å². The van der Waals surface area contributed by atoms with Crippen LogP contribution in [0, 0.1) is 0 Å². The molecule has 1 amide bonds. The summed E-state index contributed by atoms with van der Waals surface area (Å²) in [7, 11) is -3.56. The third kappa shape index (κ3) is 3.96. The minimum absolute atomic E-state index is 0.239. The van der Waals surface area contributed by atoms with Gasteiger partial charge in [-0.1, -0.05) is 12.1 Å². The van der Waals surface area contributed by atoms with Crippen LogP contribution in [0.5, 0.6) is 0 Å². The summed E-state index contributed by atoms with van der Waals surface area (Å²) in [4.78, 5) is 12.4. The standard InChI is InChI=1S/C12H11ClN2O3S2/c13-8-20(17,18)15-10-4-1-3-9(7-10)14-12(16)11-5-2-6-19-11/h1-7,15H,8H2,(H,14,16). The maximum absolute atomic E-state index is 11.9. The predicted octanol–water partition coefficient (Wildman–Crippen LogP) is 2.94. The number of rotatable bonds is 5. The van der Waals surface area contributed by atoms with E-state index >= 15 is 0 Å². The van der Waals surface area contributed by atoms with Crippen LogP contribution in [0.3, 0.4) is 0 Å². The van der Waals surface area contributed by atoms with Crippen LogP contribution >= 0.6 is 22.9 Å². The van der Waals surface area contributed by atoms with Crippen LogP contribution in [0.25, 0.3) is 0 Å². The van der Waals surface area contributed by atoms with Gasteiger partial charge in [-0.2, -0.15) is 0 Å². The summed E-state index contributed by atoms with van der Waals surface area (Å²) >= 11 is 6.64. The van der Waals surface area contributed by atoms with Crippen LogP contribution in [-0.2, 0) is 10.0 Å². The molecule has 0 aliphatic rings. The second kappa shape index (κ2) is 6.25. The number of carbonyl (C=O) groups excluding carboxylic acids is 1. The predicted molar refractivity (Wildman–Crippen MR) is 82.0 cm³/mol. The summed E-state index contributed by atoms with van der Waals surface area (Å²) in [5, 5.41) is 3.97. The molecule has 0 aliphatic heterocycles. The molecule has 2 aromatic rings. The molecule has 8 heteroatoms. The van der Waals surface area contributed by atoms with Crippen molar-refractivity contribution in [1.82, 2.24) is 0 Å². The van der Waals surface area contributed by atoms with Gasteiger partial charge in [-0.25, -0.2) is 8.42 Å². The molecule has 1 aromatic heterocycles. The van der Waals surface area contributed by atoms with E-state index in [1.807, 2.05) is 0 Å². The molecule has 0 aliphatic carbocycles. The number of nitrogens with one attached hydrogen (secondary N) is 2. The van der Waals surface area contributed by atoms with E-state index in [1.54, 1.807) is 35.7 Å². The zero-order valence-electron chi connectivity index (χ0n) is 10.2. The van der Waals surface area contributed by atoms with Gasteiger partial charge in [-0.3, -0.25) is 9.52 Å². The molecule has 1 aromatic carbocycles. The Labute approximate surface area is 125 Å². The third-order valence-electron chi connectivity index (χ3n) is 2.28. The number of benzene rings is 1. The number of anilines is 2. The van der Waals surface area contributed by atoms with Crippen molar-refractivity contribution in [2.75, 3.05) is 15.3 Å². The van der Waals surface area contributed by atoms with Crippen molar-refractivity contribution in [2.24, 2.45) is 0 Å². The van der Waals surface area contributed by atoms with Crippen LogP contribution in [0.15, 0.2) is 41.8 Å². The van der Waals surface area contributed by atoms with Crippen molar-refractivity contribution >= 4 is 50.2 Å². The average molecular weight is 331 g/mol. The smallest absolute Gasteiger partial charge is 0.265 e. The molecular formula is C12H11ClN2O3S2. The van der Waals surface area contributed by atoms with Gasteiger partial charge in [0.1, 0.15) is 5.21 Å². The molecule has 2 N–H and O–H groups in total. The number of hydrogen-bond donors (Lipinski definition) is 2. The lowest BCUT2D eigenvalue weighted by Crippen LogP contribution is -2.14. The molecular weight excluding hydrogens is 320 g/mol. The summed E-state index contributed by atoms with van der Waals surface area (Å²) in [5.41, 5.74) is 0.841. The second-order valence-electron chi connectivity index (χ2n) is 3.84. The van der Waals surface area contributed by atoms with Crippen LogP contribution in [0.2, 0.25) is 0 Å². The van der Waals surface area contributed by atoms with Gasteiger partial charge in [0.15, 0.2) is 0 Å². The second-order valence-corrected chi connectivity index (χ2v) is 7.09. The third-order valence-corrected chi connectivity index (χ3v) is 4.85. The summed E-state index contributed by atoms with van der Waals surface area (Å²) in [5.74, 6) is -0.239. The topological polar surface area (TPSA) is 75.3 Å². The number of thiophene rings is 1. The fourth-order valence-electron chi connectivity index (χ4n) is 1.47. The van der Waals surface area contributed by atoms with E-state index in [4.69, 9.17) is 11.6 Å². The van der Waals surface area contributed by atoms with Crippen molar-refractivity contribution in [1.29, 1.82) is 0 Å². The Morgan fingerprint density at radius 3 is 2.60 bits per heavy atom. The van der Waals surface area contributed by atoms with E-state index in [2.05, 4.69) is 10.0 Å². The Balaban J connectivity index is 2.12. The first-order chi connectivity index (χ1) is 9.50. The van der Waals surface area contributed by atoms with Gasteiger partial charge in [0, 0.05) is 5.69 Å². The normalized spacial score (nSPS) is 11.1. The summed E-state index contributed by atoms with van der Waals surface area (Å²) in [6.45, 7) is 0. The lowest BCUT2D eigenvalue weighted by Gasteiger charge is -2.08. The first kappa shape index (κ1) is 14.8. The molecule has 0 atom stereocenters. The minimum atomic E-state index is -3.56. The average Bonchev–Trinajstić information content (AvgIpc) is 2.92. The van der Waals surface area contributed by atoms with Crippen LogP contribution < -0.4 is 10.0 Å². The SMILES string of the molecule is O=C(Nc1cccc(NS(=O)(=O)CCl)c1)c1cccs1. The maximum Gasteiger partial charge on any atom is 0.265 e. The molecule has 106 valence electrons. The highest BCUT2D eigenvalue weighted by Crippen LogP contribution is 2.18. The molecule has 0 bridgehead atoms.